The van der Waals surface area contributed by atoms with Crippen LogP contribution in [0.4, 0.5) is 16.4 Å². The van der Waals surface area contributed by atoms with E-state index >= 15 is 0 Å². The van der Waals surface area contributed by atoms with Gasteiger partial charge < -0.3 is 10.2 Å². The lowest BCUT2D eigenvalue weighted by atomic mass is 10.1. The molecule has 0 radical (unpaired) electrons. The normalized spacial score (nSPS) is 15.3. The number of aryl methyl sites for hydroxylation is 1. The molecule has 0 bridgehead atoms. The Morgan fingerprint density at radius 2 is 1.96 bits per heavy atom. The summed E-state index contributed by atoms with van der Waals surface area (Å²) in [7, 11) is 0. The highest BCUT2D eigenvalue weighted by atomic mass is 16.2. The third kappa shape index (κ3) is 4.15. The van der Waals surface area contributed by atoms with Crippen molar-refractivity contribution in [3.05, 3.63) is 42.2 Å². The average molecular weight is 312 g/mol. The van der Waals surface area contributed by atoms with Crippen LogP contribution in [0.2, 0.25) is 0 Å². The van der Waals surface area contributed by atoms with Gasteiger partial charge in [-0.3, -0.25) is 5.32 Å². The first-order valence-corrected chi connectivity index (χ1v) is 7.74. The van der Waals surface area contributed by atoms with Gasteiger partial charge in [0.25, 0.3) is 0 Å². The summed E-state index contributed by atoms with van der Waals surface area (Å²) in [6.45, 7) is 3.31. The topological polar surface area (TPSA) is 83.0 Å². The number of amides is 2. The summed E-state index contributed by atoms with van der Waals surface area (Å²) in [4.78, 5) is 18.4. The zero-order valence-corrected chi connectivity index (χ0v) is 13.1. The van der Waals surface area contributed by atoms with E-state index in [4.69, 9.17) is 0 Å². The monoisotopic (exact) mass is 312 g/mol. The van der Waals surface area contributed by atoms with Crippen LogP contribution in [0.15, 0.2) is 36.5 Å². The summed E-state index contributed by atoms with van der Waals surface area (Å²) >= 11 is 0. The molecule has 0 aromatic carbocycles. The van der Waals surface area contributed by atoms with Crippen molar-refractivity contribution < 1.29 is 4.79 Å². The summed E-state index contributed by atoms with van der Waals surface area (Å²) in [6.07, 6.45) is 3.41. The summed E-state index contributed by atoms with van der Waals surface area (Å²) in [5.74, 6) is 1.37. The smallest absolute Gasteiger partial charge is 0.323 e. The predicted octanol–water partition coefficient (Wildman–Crippen LogP) is 2.29. The second kappa shape index (κ2) is 7.04. The van der Waals surface area contributed by atoms with Gasteiger partial charge in [-0.2, -0.15) is 5.10 Å². The highest BCUT2D eigenvalue weighted by molar-refractivity contribution is 5.88. The molecule has 0 aliphatic carbocycles. The summed E-state index contributed by atoms with van der Waals surface area (Å²) in [5.41, 5.74) is 0.884. The van der Waals surface area contributed by atoms with E-state index in [1.807, 2.05) is 36.1 Å². The lowest BCUT2D eigenvalue weighted by Gasteiger charge is -2.32. The van der Waals surface area contributed by atoms with E-state index in [0.29, 0.717) is 24.9 Å². The van der Waals surface area contributed by atoms with Crippen molar-refractivity contribution in [2.75, 3.05) is 23.7 Å². The van der Waals surface area contributed by atoms with Gasteiger partial charge in [0.1, 0.15) is 11.6 Å². The molecule has 0 unspecified atom stereocenters. The van der Waals surface area contributed by atoms with Crippen molar-refractivity contribution in [2.24, 2.45) is 0 Å². The summed E-state index contributed by atoms with van der Waals surface area (Å²) < 4.78 is 0. The Kier molecular flexibility index (Phi) is 4.65. The third-order valence-corrected chi connectivity index (χ3v) is 3.83. The molecule has 120 valence electrons. The molecule has 7 nitrogen and oxygen atoms in total. The van der Waals surface area contributed by atoms with Crippen LogP contribution in [-0.4, -0.2) is 45.2 Å². The van der Waals surface area contributed by atoms with E-state index in [9.17, 15) is 4.79 Å². The number of anilines is 2. The number of nitrogens with one attached hydrogen (secondary N) is 2. The quantitative estimate of drug-likeness (QED) is 0.908. The van der Waals surface area contributed by atoms with Gasteiger partial charge in [0.15, 0.2) is 0 Å². The second-order valence-electron chi connectivity index (χ2n) is 5.61. The van der Waals surface area contributed by atoms with Gasteiger partial charge in [-0.05, 0) is 44.0 Å². The maximum Gasteiger partial charge on any atom is 0.323 e. The number of carbonyl (C=O) groups excluding carboxylic acids is 1. The van der Waals surface area contributed by atoms with Gasteiger partial charge in [-0.25, -0.2) is 9.78 Å². The van der Waals surface area contributed by atoms with E-state index in [-0.39, 0.29) is 6.03 Å². The molecule has 1 saturated heterocycles. The Morgan fingerprint density at radius 1 is 1.17 bits per heavy atom. The first-order valence-electron chi connectivity index (χ1n) is 7.74. The molecule has 0 saturated carbocycles. The Labute approximate surface area is 135 Å². The third-order valence-electron chi connectivity index (χ3n) is 3.83. The highest BCUT2D eigenvalue weighted by Crippen LogP contribution is 2.15. The van der Waals surface area contributed by atoms with Crippen LogP contribution in [0.25, 0.3) is 0 Å². The number of likely N-dealkylation sites (tertiary alicyclic amines) is 1. The van der Waals surface area contributed by atoms with Crippen molar-refractivity contribution in [2.45, 2.75) is 25.8 Å². The van der Waals surface area contributed by atoms with Crippen molar-refractivity contribution in [1.82, 2.24) is 20.1 Å². The molecule has 1 aliphatic heterocycles. The van der Waals surface area contributed by atoms with Gasteiger partial charge in [0, 0.05) is 31.0 Å². The minimum Gasteiger partial charge on any atom is -0.366 e. The lowest BCUT2D eigenvalue weighted by molar-refractivity contribution is 0.197. The van der Waals surface area contributed by atoms with Crippen LogP contribution in [0, 0.1) is 6.92 Å². The number of rotatable bonds is 3. The van der Waals surface area contributed by atoms with E-state index in [1.165, 1.54) is 0 Å². The molecule has 0 spiro atoms. The number of hydrogen-bond acceptors (Lipinski definition) is 5. The molecule has 0 atom stereocenters. The molecule has 1 aliphatic rings. The van der Waals surface area contributed by atoms with Gasteiger partial charge in [-0.15, -0.1) is 5.10 Å². The van der Waals surface area contributed by atoms with Crippen LogP contribution in [0.5, 0.6) is 0 Å². The van der Waals surface area contributed by atoms with Gasteiger partial charge in [0.2, 0.25) is 0 Å². The Balaban J connectivity index is 1.49. The van der Waals surface area contributed by atoms with Crippen LogP contribution in [0.1, 0.15) is 18.5 Å². The van der Waals surface area contributed by atoms with E-state index in [1.54, 1.807) is 12.3 Å². The fourth-order valence-corrected chi connectivity index (χ4v) is 2.62. The van der Waals surface area contributed by atoms with Gasteiger partial charge in [0.05, 0.1) is 0 Å². The Morgan fingerprint density at radius 3 is 2.65 bits per heavy atom. The number of nitrogens with zero attached hydrogens (tertiary/aromatic N) is 4. The number of pyridine rings is 1. The highest BCUT2D eigenvalue weighted by Gasteiger charge is 2.23. The SMILES string of the molecule is Cc1cccc(NC(=O)N2CCC(Nc3cccnn3)CC2)n1. The number of urea groups is 1. The lowest BCUT2D eigenvalue weighted by Crippen LogP contribution is -2.44. The van der Waals surface area contributed by atoms with Crippen LogP contribution >= 0.6 is 0 Å². The Hall–Kier alpha value is -2.70. The number of carbonyl (C=O) groups is 1. The molecule has 2 aromatic heterocycles. The Bertz CT molecular complexity index is 655. The molecule has 1 fully saturated rings. The minimum absolute atomic E-state index is 0.0962. The van der Waals surface area contributed by atoms with Crippen molar-refractivity contribution in [3.63, 3.8) is 0 Å². The number of aromatic nitrogens is 3. The van der Waals surface area contributed by atoms with Gasteiger partial charge in [-0.1, -0.05) is 6.07 Å². The molecule has 2 aromatic rings. The predicted molar refractivity (Wildman–Crippen MR) is 88.2 cm³/mol. The van der Waals surface area contributed by atoms with E-state index in [2.05, 4.69) is 25.8 Å². The zero-order chi connectivity index (χ0) is 16.1. The van der Waals surface area contributed by atoms with Crippen molar-refractivity contribution in [1.29, 1.82) is 0 Å². The zero-order valence-electron chi connectivity index (χ0n) is 13.1. The number of hydrogen-bond donors (Lipinski definition) is 2. The van der Waals surface area contributed by atoms with E-state index in [0.717, 1.165) is 24.4 Å². The fourth-order valence-electron chi connectivity index (χ4n) is 2.62. The molecule has 3 rings (SSSR count). The maximum absolute atomic E-state index is 12.3. The molecular formula is C16H20N6O. The molecule has 3 heterocycles. The molecule has 7 heteroatoms. The summed E-state index contributed by atoms with van der Waals surface area (Å²) in [6, 6.07) is 9.55. The van der Waals surface area contributed by atoms with Gasteiger partial charge >= 0.3 is 6.03 Å². The number of piperidine rings is 1. The second-order valence-corrected chi connectivity index (χ2v) is 5.61. The van der Waals surface area contributed by atoms with Crippen molar-refractivity contribution in [3.8, 4) is 0 Å². The maximum atomic E-state index is 12.3. The largest absolute Gasteiger partial charge is 0.366 e. The molecular weight excluding hydrogens is 292 g/mol. The van der Waals surface area contributed by atoms with Crippen LogP contribution < -0.4 is 10.6 Å². The molecule has 2 N–H and O–H groups in total. The van der Waals surface area contributed by atoms with Crippen LogP contribution in [-0.2, 0) is 0 Å². The first kappa shape index (κ1) is 15.2. The first-order chi connectivity index (χ1) is 11.2. The van der Waals surface area contributed by atoms with Crippen LogP contribution in [0.3, 0.4) is 0 Å². The minimum atomic E-state index is -0.0962. The fraction of sp³-hybridized carbons (Fsp3) is 0.375. The summed E-state index contributed by atoms with van der Waals surface area (Å²) in [5, 5.41) is 14.1. The molecule has 23 heavy (non-hydrogen) atoms. The molecule has 2 amide bonds. The van der Waals surface area contributed by atoms with Crippen molar-refractivity contribution >= 4 is 17.7 Å². The average Bonchev–Trinajstić information content (AvgIpc) is 2.56. The van der Waals surface area contributed by atoms with E-state index < -0.39 is 0 Å². The standard InChI is InChI=1S/C16H20N6O/c1-12-4-2-5-14(18-12)20-16(23)22-10-7-13(8-11-22)19-15-6-3-9-17-21-15/h2-6,9,13H,7-8,10-11H2,1H3,(H,19,21)(H,18,20,23).